The zero-order valence-electron chi connectivity index (χ0n) is 11.1. The highest BCUT2D eigenvalue weighted by Crippen LogP contribution is 2.21. The van der Waals surface area contributed by atoms with Crippen LogP contribution in [0.4, 0.5) is 4.39 Å². The Kier molecular flexibility index (Phi) is 5.22. The minimum Gasteiger partial charge on any atom is -0.392 e. The van der Waals surface area contributed by atoms with Gasteiger partial charge in [-0.1, -0.05) is 25.1 Å². The van der Waals surface area contributed by atoms with Crippen molar-refractivity contribution in [3.63, 3.8) is 0 Å². The lowest BCUT2D eigenvalue weighted by atomic mass is 10.2. The van der Waals surface area contributed by atoms with E-state index in [9.17, 15) is 12.8 Å². The van der Waals surface area contributed by atoms with E-state index in [1.165, 1.54) is 6.07 Å². The Hall–Kier alpha value is -1.24. The van der Waals surface area contributed by atoms with Gasteiger partial charge in [0.15, 0.2) is 0 Å². The quantitative estimate of drug-likeness (QED) is 0.813. The molecule has 19 heavy (non-hydrogen) atoms. The Morgan fingerprint density at radius 3 is 2.58 bits per heavy atom. The molecule has 106 valence electrons. The molecule has 0 aliphatic carbocycles. The molecule has 0 unspecified atom stereocenters. The van der Waals surface area contributed by atoms with E-state index in [-0.39, 0.29) is 19.7 Å². The van der Waals surface area contributed by atoms with Gasteiger partial charge in [-0.2, -0.15) is 4.31 Å². The van der Waals surface area contributed by atoms with E-state index < -0.39 is 20.7 Å². The molecule has 0 saturated carbocycles. The van der Waals surface area contributed by atoms with Crippen LogP contribution in [-0.4, -0.2) is 30.9 Å². The van der Waals surface area contributed by atoms with Crippen LogP contribution in [0.5, 0.6) is 0 Å². The Morgan fingerprint density at radius 1 is 1.47 bits per heavy atom. The smallest absolute Gasteiger partial charge is 0.246 e. The fraction of sp³-hybridized carbons (Fsp3) is 0.385. The fourth-order valence-corrected chi connectivity index (χ4v) is 3.27. The molecule has 1 N–H and O–H groups in total. The number of hydrogen-bond donors (Lipinski definition) is 1. The van der Waals surface area contributed by atoms with E-state index in [1.807, 2.05) is 0 Å². The maximum atomic E-state index is 13.7. The van der Waals surface area contributed by atoms with Crippen molar-refractivity contribution in [1.82, 2.24) is 4.31 Å². The number of benzene rings is 1. The molecule has 0 aliphatic heterocycles. The van der Waals surface area contributed by atoms with Crippen LogP contribution in [0.15, 0.2) is 35.2 Å². The molecule has 1 rings (SSSR count). The van der Waals surface area contributed by atoms with Crippen LogP contribution in [-0.2, 0) is 16.6 Å². The lowest BCUT2D eigenvalue weighted by Gasteiger charge is -2.21. The molecule has 0 aromatic heterocycles. The second-order valence-electron chi connectivity index (χ2n) is 4.31. The van der Waals surface area contributed by atoms with Gasteiger partial charge < -0.3 is 5.11 Å². The maximum Gasteiger partial charge on any atom is 0.246 e. The number of sulfonamides is 1. The SMILES string of the molecule is C=C(C)CN(CC)S(=O)(=O)c1cc(CO)ccc1F. The predicted octanol–water partition coefficient (Wildman–Crippen LogP) is 1.90. The minimum absolute atomic E-state index is 0.141. The molecule has 6 heteroatoms. The third-order valence-corrected chi connectivity index (χ3v) is 4.53. The first kappa shape index (κ1) is 15.8. The zero-order chi connectivity index (χ0) is 14.6. The average Bonchev–Trinajstić information content (AvgIpc) is 2.35. The fourth-order valence-electron chi connectivity index (χ4n) is 1.65. The van der Waals surface area contributed by atoms with E-state index in [1.54, 1.807) is 13.8 Å². The Labute approximate surface area is 113 Å². The van der Waals surface area contributed by atoms with Gasteiger partial charge in [0, 0.05) is 13.1 Å². The molecule has 0 amide bonds. The molecule has 4 nitrogen and oxygen atoms in total. The van der Waals surface area contributed by atoms with E-state index in [0.29, 0.717) is 11.1 Å². The highest BCUT2D eigenvalue weighted by Gasteiger charge is 2.26. The summed E-state index contributed by atoms with van der Waals surface area (Å²) in [5, 5.41) is 9.01. The Balaban J connectivity index is 3.28. The summed E-state index contributed by atoms with van der Waals surface area (Å²) < 4.78 is 39.6. The highest BCUT2D eigenvalue weighted by molar-refractivity contribution is 7.89. The first-order chi connectivity index (χ1) is 8.82. The standard InChI is InChI=1S/C13H18FNO3S/c1-4-15(8-10(2)3)19(17,18)13-7-11(9-16)5-6-12(13)14/h5-7,16H,2,4,8-9H2,1,3H3. The van der Waals surface area contributed by atoms with Crippen LogP contribution in [0.25, 0.3) is 0 Å². The number of aliphatic hydroxyl groups is 1. The van der Waals surface area contributed by atoms with E-state index in [2.05, 4.69) is 6.58 Å². The molecule has 0 bridgehead atoms. The summed E-state index contributed by atoms with van der Waals surface area (Å²) in [6, 6.07) is 3.56. The van der Waals surface area contributed by atoms with Crippen LogP contribution in [0.3, 0.4) is 0 Å². The molecule has 1 aromatic rings. The highest BCUT2D eigenvalue weighted by atomic mass is 32.2. The molecule has 0 radical (unpaired) electrons. The molecule has 1 aromatic carbocycles. The Bertz CT molecular complexity index is 569. The average molecular weight is 287 g/mol. The first-order valence-electron chi connectivity index (χ1n) is 5.86. The van der Waals surface area contributed by atoms with Gasteiger partial charge in [0.05, 0.1) is 6.61 Å². The molecular formula is C13H18FNO3S. The van der Waals surface area contributed by atoms with Gasteiger partial charge in [0.2, 0.25) is 10.0 Å². The van der Waals surface area contributed by atoms with Gasteiger partial charge in [-0.25, -0.2) is 12.8 Å². The summed E-state index contributed by atoms with van der Waals surface area (Å²) in [5.74, 6) is -0.822. The molecule has 0 spiro atoms. The molecule has 0 heterocycles. The lowest BCUT2D eigenvalue weighted by Crippen LogP contribution is -2.32. The van der Waals surface area contributed by atoms with Crippen molar-refractivity contribution in [1.29, 1.82) is 0 Å². The minimum atomic E-state index is -3.92. The van der Waals surface area contributed by atoms with Gasteiger partial charge in [-0.3, -0.25) is 0 Å². The number of hydrogen-bond acceptors (Lipinski definition) is 3. The molecule has 0 saturated heterocycles. The van der Waals surface area contributed by atoms with Crippen LogP contribution in [0.2, 0.25) is 0 Å². The topological polar surface area (TPSA) is 57.6 Å². The van der Waals surface area contributed by atoms with Crippen molar-refractivity contribution >= 4 is 10.0 Å². The maximum absolute atomic E-state index is 13.7. The summed E-state index contributed by atoms with van der Waals surface area (Å²) >= 11 is 0. The number of nitrogens with zero attached hydrogens (tertiary/aromatic N) is 1. The van der Waals surface area contributed by atoms with Crippen LogP contribution >= 0.6 is 0 Å². The number of likely N-dealkylation sites (N-methyl/N-ethyl adjacent to an activating group) is 1. The van der Waals surface area contributed by atoms with Gasteiger partial charge in [-0.15, -0.1) is 0 Å². The zero-order valence-corrected chi connectivity index (χ0v) is 11.9. The predicted molar refractivity (Wildman–Crippen MR) is 71.6 cm³/mol. The van der Waals surface area contributed by atoms with Crippen LogP contribution < -0.4 is 0 Å². The monoisotopic (exact) mass is 287 g/mol. The second kappa shape index (κ2) is 6.27. The van der Waals surface area contributed by atoms with Gasteiger partial charge in [0.25, 0.3) is 0 Å². The van der Waals surface area contributed by atoms with Gasteiger partial charge in [0.1, 0.15) is 10.7 Å². The summed E-state index contributed by atoms with van der Waals surface area (Å²) in [6.45, 7) is 7.07. The van der Waals surface area contributed by atoms with E-state index >= 15 is 0 Å². The van der Waals surface area contributed by atoms with Crippen LogP contribution in [0, 0.1) is 5.82 Å². The summed E-state index contributed by atoms with van der Waals surface area (Å²) in [5.41, 5.74) is 1.02. The number of halogens is 1. The largest absolute Gasteiger partial charge is 0.392 e. The summed E-state index contributed by atoms with van der Waals surface area (Å²) in [4.78, 5) is -0.415. The van der Waals surface area contributed by atoms with Gasteiger partial charge >= 0.3 is 0 Å². The first-order valence-corrected chi connectivity index (χ1v) is 7.30. The normalized spacial score (nSPS) is 11.8. The van der Waals surface area contributed by atoms with E-state index in [0.717, 1.165) is 16.4 Å². The van der Waals surface area contributed by atoms with Crippen molar-refractivity contribution in [3.05, 3.63) is 41.7 Å². The van der Waals surface area contributed by atoms with Crippen molar-refractivity contribution in [3.8, 4) is 0 Å². The summed E-state index contributed by atoms with van der Waals surface area (Å²) in [7, 11) is -3.92. The number of rotatable bonds is 6. The third-order valence-electron chi connectivity index (χ3n) is 2.59. The molecule has 0 fully saturated rings. The molecular weight excluding hydrogens is 269 g/mol. The lowest BCUT2D eigenvalue weighted by molar-refractivity contribution is 0.281. The third kappa shape index (κ3) is 3.62. The van der Waals surface area contributed by atoms with E-state index in [4.69, 9.17) is 5.11 Å². The van der Waals surface area contributed by atoms with Crippen molar-refractivity contribution in [2.75, 3.05) is 13.1 Å². The molecule has 0 aliphatic rings. The van der Waals surface area contributed by atoms with Crippen LogP contribution in [0.1, 0.15) is 19.4 Å². The van der Waals surface area contributed by atoms with Crippen molar-refractivity contribution in [2.24, 2.45) is 0 Å². The Morgan fingerprint density at radius 2 is 2.11 bits per heavy atom. The summed E-state index contributed by atoms with van der Waals surface area (Å²) in [6.07, 6.45) is 0. The van der Waals surface area contributed by atoms with Gasteiger partial charge in [-0.05, 0) is 24.6 Å². The molecule has 0 atom stereocenters. The second-order valence-corrected chi connectivity index (χ2v) is 6.22. The number of aliphatic hydroxyl groups excluding tert-OH is 1. The van der Waals surface area contributed by atoms with Crippen molar-refractivity contribution < 1.29 is 17.9 Å². The van der Waals surface area contributed by atoms with Crippen molar-refractivity contribution in [2.45, 2.75) is 25.3 Å².